The highest BCUT2D eigenvalue weighted by Crippen LogP contribution is 2.53. The van der Waals surface area contributed by atoms with E-state index < -0.39 is 0 Å². The Bertz CT molecular complexity index is 2710. The maximum Gasteiger partial charge on any atom is 0.160 e. The van der Waals surface area contributed by atoms with Gasteiger partial charge in [-0.3, -0.25) is 0 Å². The number of anilines is 3. The van der Waals surface area contributed by atoms with Crippen LogP contribution in [-0.4, -0.2) is 0 Å². The topological polar surface area (TPSA) is 29.5 Å². The van der Waals surface area contributed by atoms with Gasteiger partial charge in [-0.2, -0.15) is 0 Å². The van der Waals surface area contributed by atoms with Crippen LogP contribution in [-0.2, 0) is 5.41 Å². The largest absolute Gasteiger partial charge is 0.456 e. The van der Waals surface area contributed by atoms with E-state index in [1.807, 2.05) is 18.2 Å². The summed E-state index contributed by atoms with van der Waals surface area (Å²) in [5, 5.41) is 4.31. The Balaban J connectivity index is 1.33. The van der Waals surface area contributed by atoms with Crippen molar-refractivity contribution >= 4 is 60.9 Å². The molecule has 3 nitrogen and oxygen atoms in total. The highest BCUT2D eigenvalue weighted by molar-refractivity contribution is 6.28. The predicted octanol–water partition coefficient (Wildman–Crippen LogP) is 12.9. The number of fused-ring (bicyclic) bond motifs is 10. The molecule has 0 bridgehead atoms. The molecule has 10 rings (SSSR count). The third-order valence-electron chi connectivity index (χ3n) is 10.3. The molecule has 0 radical (unpaired) electrons. The van der Waals surface area contributed by atoms with Crippen LogP contribution >= 0.6 is 0 Å². The molecule has 7 aromatic carbocycles. The second kappa shape index (κ2) is 9.97. The average Bonchev–Trinajstić information content (AvgIpc) is 3.77. The van der Waals surface area contributed by atoms with Crippen LogP contribution in [0.1, 0.15) is 25.0 Å². The summed E-state index contributed by atoms with van der Waals surface area (Å²) in [5.41, 5.74) is 13.9. The molecule has 9 aromatic rings. The fraction of sp³-hybridized carbons (Fsp3) is 0.0667. The molecule has 0 atom stereocenters. The van der Waals surface area contributed by atoms with E-state index in [0.29, 0.717) is 0 Å². The van der Waals surface area contributed by atoms with Crippen molar-refractivity contribution in [2.75, 3.05) is 4.90 Å². The van der Waals surface area contributed by atoms with Crippen molar-refractivity contribution < 1.29 is 8.83 Å². The summed E-state index contributed by atoms with van der Waals surface area (Å²) in [6, 6.07) is 53.9. The zero-order valence-electron chi connectivity index (χ0n) is 26.7. The molecule has 0 amide bonds. The molecule has 0 saturated carbocycles. The van der Waals surface area contributed by atoms with Crippen LogP contribution in [0.15, 0.2) is 160 Å². The van der Waals surface area contributed by atoms with Gasteiger partial charge >= 0.3 is 0 Å². The van der Waals surface area contributed by atoms with E-state index in [9.17, 15) is 0 Å². The Hall–Kier alpha value is -6.06. The fourth-order valence-electron chi connectivity index (χ4n) is 8.02. The van der Waals surface area contributed by atoms with E-state index >= 15 is 0 Å². The van der Waals surface area contributed by atoms with Crippen LogP contribution in [0.5, 0.6) is 0 Å². The lowest BCUT2D eigenvalue weighted by atomic mass is 9.82. The maximum atomic E-state index is 6.88. The van der Waals surface area contributed by atoms with Gasteiger partial charge in [0.2, 0.25) is 0 Å². The molecule has 0 aliphatic heterocycles. The molecule has 1 aliphatic rings. The first-order chi connectivity index (χ1) is 23.6. The van der Waals surface area contributed by atoms with Crippen LogP contribution in [0.3, 0.4) is 0 Å². The van der Waals surface area contributed by atoms with Crippen molar-refractivity contribution in [2.45, 2.75) is 19.3 Å². The minimum atomic E-state index is -0.149. The standard InChI is InChI=1S/C45H31NO2/c1-45(2)35-20-10-6-17-31(35)32-25-24-29(26-36(32)45)46(37-21-11-7-16-30(37)28-14-4-3-5-15-28)38-27-41-42(33-18-8-12-22-39(33)47-41)43-34-19-9-13-23-40(34)48-44(38)43/h3-27H,1-2H3. The van der Waals surface area contributed by atoms with Gasteiger partial charge < -0.3 is 13.7 Å². The van der Waals surface area contributed by atoms with Crippen LogP contribution < -0.4 is 4.90 Å². The molecule has 0 saturated heterocycles. The summed E-state index contributed by atoms with van der Waals surface area (Å²) in [6.07, 6.45) is 0. The molecule has 0 N–H and O–H groups in total. The number of hydrogen-bond donors (Lipinski definition) is 0. The molecule has 2 aromatic heterocycles. The molecule has 0 unspecified atom stereocenters. The second-order valence-corrected chi connectivity index (χ2v) is 13.3. The first-order valence-corrected chi connectivity index (χ1v) is 16.5. The van der Waals surface area contributed by atoms with Gasteiger partial charge in [0.15, 0.2) is 5.58 Å². The van der Waals surface area contributed by atoms with Crippen LogP contribution in [0.4, 0.5) is 17.1 Å². The zero-order valence-corrected chi connectivity index (χ0v) is 26.7. The second-order valence-electron chi connectivity index (χ2n) is 13.3. The van der Waals surface area contributed by atoms with E-state index in [4.69, 9.17) is 8.83 Å². The summed E-state index contributed by atoms with van der Waals surface area (Å²) >= 11 is 0. The lowest BCUT2D eigenvalue weighted by Crippen LogP contribution is -2.17. The molecule has 0 spiro atoms. The van der Waals surface area contributed by atoms with Crippen LogP contribution in [0, 0.1) is 0 Å². The SMILES string of the molecule is CC1(C)c2ccccc2-c2ccc(N(c3ccccc3-c3ccccc3)c3cc4oc5ccccc5c4c4c3oc3ccccc34)cc21. The summed E-state index contributed by atoms with van der Waals surface area (Å²) in [6.45, 7) is 4.67. The molecule has 48 heavy (non-hydrogen) atoms. The van der Waals surface area contributed by atoms with Gasteiger partial charge in [-0.05, 0) is 58.1 Å². The monoisotopic (exact) mass is 617 g/mol. The smallest absolute Gasteiger partial charge is 0.160 e. The summed E-state index contributed by atoms with van der Waals surface area (Å²) in [4.78, 5) is 2.37. The first-order valence-electron chi connectivity index (χ1n) is 16.5. The molecule has 3 heteroatoms. The lowest BCUT2D eigenvalue weighted by Gasteiger charge is -2.29. The highest BCUT2D eigenvalue weighted by Gasteiger charge is 2.36. The van der Waals surface area contributed by atoms with Crippen molar-refractivity contribution in [1.29, 1.82) is 0 Å². The molecular weight excluding hydrogens is 587 g/mol. The average molecular weight is 618 g/mol. The Morgan fingerprint density at radius 1 is 0.458 bits per heavy atom. The van der Waals surface area contributed by atoms with Gasteiger partial charge in [0, 0.05) is 44.3 Å². The van der Waals surface area contributed by atoms with Gasteiger partial charge in [-0.15, -0.1) is 0 Å². The Morgan fingerprint density at radius 2 is 1.08 bits per heavy atom. The van der Waals surface area contributed by atoms with Gasteiger partial charge in [0.25, 0.3) is 0 Å². The molecule has 2 heterocycles. The summed E-state index contributed by atoms with van der Waals surface area (Å²) in [7, 11) is 0. The third-order valence-corrected chi connectivity index (χ3v) is 10.3. The molecule has 0 fully saturated rings. The summed E-state index contributed by atoms with van der Waals surface area (Å²) in [5.74, 6) is 0. The van der Waals surface area contributed by atoms with E-state index in [-0.39, 0.29) is 5.41 Å². The van der Waals surface area contributed by atoms with Gasteiger partial charge in [-0.25, -0.2) is 0 Å². The number of furan rings is 2. The van der Waals surface area contributed by atoms with Gasteiger partial charge in [-0.1, -0.05) is 129 Å². The quantitative estimate of drug-likeness (QED) is 0.197. The molecular formula is C45H31NO2. The predicted molar refractivity (Wildman–Crippen MR) is 199 cm³/mol. The van der Waals surface area contributed by atoms with Gasteiger partial charge in [0.1, 0.15) is 16.7 Å². The van der Waals surface area contributed by atoms with Crippen molar-refractivity contribution in [3.63, 3.8) is 0 Å². The van der Waals surface area contributed by atoms with Crippen molar-refractivity contribution in [2.24, 2.45) is 0 Å². The number of para-hydroxylation sites is 3. The Kier molecular flexibility index (Phi) is 5.63. The number of nitrogens with zero attached hydrogens (tertiary/aromatic N) is 1. The minimum absolute atomic E-state index is 0.149. The van der Waals surface area contributed by atoms with Crippen molar-refractivity contribution in [3.05, 3.63) is 163 Å². The van der Waals surface area contributed by atoms with Crippen molar-refractivity contribution in [1.82, 2.24) is 0 Å². The maximum absolute atomic E-state index is 6.88. The molecule has 228 valence electrons. The van der Waals surface area contributed by atoms with E-state index in [1.165, 1.54) is 22.3 Å². The van der Waals surface area contributed by atoms with Crippen LogP contribution in [0.2, 0.25) is 0 Å². The third kappa shape index (κ3) is 3.76. The number of benzene rings is 7. The minimum Gasteiger partial charge on any atom is -0.456 e. The van der Waals surface area contributed by atoms with Gasteiger partial charge in [0.05, 0.1) is 11.4 Å². The summed E-state index contributed by atoms with van der Waals surface area (Å²) < 4.78 is 13.5. The number of rotatable bonds is 4. The van der Waals surface area contributed by atoms with E-state index in [0.717, 1.165) is 72.1 Å². The first kappa shape index (κ1) is 27.1. The van der Waals surface area contributed by atoms with Crippen LogP contribution in [0.25, 0.3) is 66.1 Å². The van der Waals surface area contributed by atoms with E-state index in [2.05, 4.69) is 152 Å². The highest BCUT2D eigenvalue weighted by atomic mass is 16.3. The zero-order chi connectivity index (χ0) is 32.0. The number of hydrogen-bond acceptors (Lipinski definition) is 3. The Labute approximate surface area is 278 Å². The van der Waals surface area contributed by atoms with E-state index in [1.54, 1.807) is 0 Å². The fourth-order valence-corrected chi connectivity index (χ4v) is 8.02. The molecule has 1 aliphatic carbocycles. The van der Waals surface area contributed by atoms with Crippen molar-refractivity contribution in [3.8, 4) is 22.3 Å². The normalized spacial score (nSPS) is 13.4. The Morgan fingerprint density at radius 3 is 1.90 bits per heavy atom. The lowest BCUT2D eigenvalue weighted by molar-refractivity contribution is 0.660.